The van der Waals surface area contributed by atoms with Gasteiger partial charge in [0.1, 0.15) is 5.82 Å². The van der Waals surface area contributed by atoms with Gasteiger partial charge in [0.15, 0.2) is 5.65 Å². The molecule has 5 rings (SSSR count). The second-order valence-corrected chi connectivity index (χ2v) is 9.97. The Labute approximate surface area is 199 Å². The van der Waals surface area contributed by atoms with Crippen molar-refractivity contribution in [3.05, 3.63) is 57.9 Å². The topological polar surface area (TPSA) is 74.0 Å². The van der Waals surface area contributed by atoms with Crippen LogP contribution < -0.4 is 4.90 Å². The molecule has 1 N–H and O–H groups in total. The quantitative estimate of drug-likeness (QED) is 0.625. The van der Waals surface area contributed by atoms with Crippen LogP contribution in [-0.2, 0) is 0 Å². The maximum Gasteiger partial charge on any atom is 0.254 e. The number of amides is 1. The lowest BCUT2D eigenvalue weighted by Crippen LogP contribution is -2.39. The highest BCUT2D eigenvalue weighted by Crippen LogP contribution is 2.33. The molecule has 3 unspecified atom stereocenters. The molecular weight excluding hydrogens is 438 g/mol. The Morgan fingerprint density at radius 1 is 1.15 bits per heavy atom. The summed E-state index contributed by atoms with van der Waals surface area (Å²) < 4.78 is 1.81. The molecule has 0 bridgehead atoms. The molecule has 33 heavy (non-hydrogen) atoms. The van der Waals surface area contributed by atoms with E-state index in [1.807, 2.05) is 47.7 Å². The highest BCUT2D eigenvalue weighted by molar-refractivity contribution is 6.31. The Hall–Kier alpha value is -2.64. The van der Waals surface area contributed by atoms with Crippen molar-refractivity contribution in [3.8, 4) is 0 Å². The number of rotatable bonds is 3. The van der Waals surface area contributed by atoms with Crippen LogP contribution in [0.3, 0.4) is 0 Å². The molecule has 4 heterocycles. The van der Waals surface area contributed by atoms with Gasteiger partial charge in [-0.15, -0.1) is 0 Å². The van der Waals surface area contributed by atoms with E-state index in [9.17, 15) is 9.90 Å². The predicted molar refractivity (Wildman–Crippen MR) is 129 cm³/mol. The number of hydrogen-bond acceptors (Lipinski definition) is 5. The number of aliphatic hydroxyl groups excluding tert-OH is 1. The average Bonchev–Trinajstić information content (AvgIpc) is 3.36. The fourth-order valence-electron chi connectivity index (χ4n) is 5.09. The molecule has 0 aliphatic carbocycles. The van der Waals surface area contributed by atoms with E-state index in [2.05, 4.69) is 11.8 Å². The first-order valence-corrected chi connectivity index (χ1v) is 12.1. The van der Waals surface area contributed by atoms with Crippen molar-refractivity contribution >= 4 is 29.0 Å². The number of piperidine rings is 1. The zero-order valence-electron chi connectivity index (χ0n) is 19.3. The third kappa shape index (κ3) is 4.08. The summed E-state index contributed by atoms with van der Waals surface area (Å²) in [4.78, 5) is 22.5. The van der Waals surface area contributed by atoms with Crippen molar-refractivity contribution in [2.45, 2.75) is 52.2 Å². The Morgan fingerprint density at radius 3 is 2.73 bits per heavy atom. The molecule has 1 amide bonds. The highest BCUT2D eigenvalue weighted by atomic mass is 35.5. The number of fused-ring (bicyclic) bond motifs is 1. The number of halogens is 1. The average molecular weight is 468 g/mol. The summed E-state index contributed by atoms with van der Waals surface area (Å²) in [5, 5.41) is 15.6. The van der Waals surface area contributed by atoms with Gasteiger partial charge in [0.2, 0.25) is 0 Å². The van der Waals surface area contributed by atoms with Crippen molar-refractivity contribution in [2.24, 2.45) is 5.92 Å². The van der Waals surface area contributed by atoms with E-state index in [-0.39, 0.29) is 24.0 Å². The standard InChI is InChI=1S/C25H30ClN5O2/c1-15-7-8-18(26)10-19(15)25(33)30-9-5-4-6-21(30)20-11-23-27-24(17(3)13-31(23)28-20)29-12-16(2)22(32)14-29/h7-8,10-11,13,16,21-22,32H,4-6,9,12,14H2,1-3H3. The Morgan fingerprint density at radius 2 is 1.97 bits per heavy atom. The zero-order valence-corrected chi connectivity index (χ0v) is 20.1. The zero-order chi connectivity index (χ0) is 23.3. The normalized spacial score (nSPS) is 23.5. The van der Waals surface area contributed by atoms with Crippen molar-refractivity contribution in [3.63, 3.8) is 0 Å². The van der Waals surface area contributed by atoms with Gasteiger partial charge in [-0.1, -0.05) is 24.6 Å². The molecular formula is C25H30ClN5O2. The van der Waals surface area contributed by atoms with Crippen LogP contribution in [0.2, 0.25) is 5.02 Å². The SMILES string of the molecule is Cc1ccc(Cl)cc1C(=O)N1CCCCC1c1cc2nc(N3CC(C)C(O)C3)c(C)cn2n1. The number of nitrogens with zero attached hydrogens (tertiary/aromatic N) is 5. The van der Waals surface area contributed by atoms with E-state index in [1.165, 1.54) is 0 Å². The molecule has 0 spiro atoms. The predicted octanol–water partition coefficient (Wildman–Crippen LogP) is 4.18. The molecule has 8 heteroatoms. The summed E-state index contributed by atoms with van der Waals surface area (Å²) in [5.74, 6) is 1.12. The number of hydrogen-bond donors (Lipinski definition) is 1. The summed E-state index contributed by atoms with van der Waals surface area (Å²) >= 11 is 6.19. The number of aromatic nitrogens is 3. The number of benzene rings is 1. The van der Waals surface area contributed by atoms with E-state index in [0.29, 0.717) is 23.7 Å². The number of carbonyl (C=O) groups excluding carboxylic acids is 1. The number of anilines is 1. The lowest BCUT2D eigenvalue weighted by Gasteiger charge is -2.35. The third-order valence-corrected chi connectivity index (χ3v) is 7.27. The van der Waals surface area contributed by atoms with Gasteiger partial charge in [0, 0.05) is 54.0 Å². The number of carbonyl (C=O) groups is 1. The summed E-state index contributed by atoms with van der Waals surface area (Å²) in [6.07, 6.45) is 4.56. The number of aliphatic hydroxyl groups is 1. The molecule has 0 saturated carbocycles. The summed E-state index contributed by atoms with van der Waals surface area (Å²) in [6.45, 7) is 8.11. The molecule has 7 nitrogen and oxygen atoms in total. The maximum absolute atomic E-state index is 13.5. The van der Waals surface area contributed by atoms with Crippen molar-refractivity contribution in [1.82, 2.24) is 19.5 Å². The molecule has 3 aromatic rings. The first-order valence-electron chi connectivity index (χ1n) is 11.7. The fourth-order valence-corrected chi connectivity index (χ4v) is 5.26. The van der Waals surface area contributed by atoms with Gasteiger partial charge in [-0.2, -0.15) is 5.10 Å². The molecule has 2 saturated heterocycles. The summed E-state index contributed by atoms with van der Waals surface area (Å²) in [5.41, 5.74) is 4.21. The van der Waals surface area contributed by atoms with E-state index in [0.717, 1.165) is 54.1 Å². The smallest absolute Gasteiger partial charge is 0.254 e. The molecule has 174 valence electrons. The molecule has 2 aliphatic rings. The largest absolute Gasteiger partial charge is 0.391 e. The summed E-state index contributed by atoms with van der Waals surface area (Å²) in [6, 6.07) is 7.37. The van der Waals surface area contributed by atoms with Crippen molar-refractivity contribution < 1.29 is 9.90 Å². The Balaban J connectivity index is 1.48. The van der Waals surface area contributed by atoms with E-state index in [1.54, 1.807) is 6.07 Å². The maximum atomic E-state index is 13.5. The van der Waals surface area contributed by atoms with Gasteiger partial charge in [-0.25, -0.2) is 9.50 Å². The minimum absolute atomic E-state index is 0.00151. The Bertz CT molecular complexity index is 1200. The molecule has 3 atom stereocenters. The van der Waals surface area contributed by atoms with Gasteiger partial charge in [-0.3, -0.25) is 4.79 Å². The fraction of sp³-hybridized carbons (Fsp3) is 0.480. The third-order valence-electron chi connectivity index (χ3n) is 7.03. The molecule has 2 aromatic heterocycles. The van der Waals surface area contributed by atoms with E-state index in [4.69, 9.17) is 21.7 Å². The van der Waals surface area contributed by atoms with Crippen LogP contribution in [0.1, 0.15) is 59.4 Å². The monoisotopic (exact) mass is 467 g/mol. The van der Waals surface area contributed by atoms with Gasteiger partial charge >= 0.3 is 0 Å². The van der Waals surface area contributed by atoms with Crippen LogP contribution in [0.25, 0.3) is 5.65 Å². The minimum Gasteiger partial charge on any atom is -0.391 e. The van der Waals surface area contributed by atoms with Crippen LogP contribution in [0, 0.1) is 19.8 Å². The first-order chi connectivity index (χ1) is 15.8. The minimum atomic E-state index is -0.334. The van der Waals surface area contributed by atoms with E-state index >= 15 is 0 Å². The molecule has 2 aliphatic heterocycles. The van der Waals surface area contributed by atoms with Gasteiger partial charge < -0.3 is 14.9 Å². The first kappa shape index (κ1) is 22.2. The number of β-amino-alcohol motifs (C(OH)–C–C–N with tert-alkyl or cyclic N) is 1. The van der Waals surface area contributed by atoms with Crippen LogP contribution >= 0.6 is 11.6 Å². The van der Waals surface area contributed by atoms with Crippen molar-refractivity contribution in [1.29, 1.82) is 0 Å². The molecule has 2 fully saturated rings. The van der Waals surface area contributed by atoms with Crippen LogP contribution in [0.5, 0.6) is 0 Å². The molecule has 1 aromatic carbocycles. The van der Waals surface area contributed by atoms with E-state index < -0.39 is 0 Å². The van der Waals surface area contributed by atoms with Crippen LogP contribution in [0.4, 0.5) is 5.82 Å². The van der Waals surface area contributed by atoms with Crippen molar-refractivity contribution in [2.75, 3.05) is 24.5 Å². The van der Waals surface area contributed by atoms with Gasteiger partial charge in [-0.05, 0) is 50.8 Å². The highest BCUT2D eigenvalue weighted by Gasteiger charge is 2.32. The Kier molecular flexibility index (Phi) is 5.79. The van der Waals surface area contributed by atoms with Crippen LogP contribution in [-0.4, -0.2) is 56.2 Å². The number of likely N-dealkylation sites (tertiary alicyclic amines) is 1. The summed E-state index contributed by atoms with van der Waals surface area (Å²) in [7, 11) is 0. The van der Waals surface area contributed by atoms with Gasteiger partial charge in [0.05, 0.1) is 17.8 Å². The van der Waals surface area contributed by atoms with Crippen LogP contribution in [0.15, 0.2) is 30.5 Å². The second kappa shape index (κ2) is 8.61. The lowest BCUT2D eigenvalue weighted by atomic mass is 9.97. The lowest BCUT2D eigenvalue weighted by molar-refractivity contribution is 0.0605. The van der Waals surface area contributed by atoms with Gasteiger partial charge in [0.25, 0.3) is 5.91 Å². The number of aryl methyl sites for hydroxylation is 2. The second-order valence-electron chi connectivity index (χ2n) is 9.54. The molecule has 0 radical (unpaired) electrons.